The fraction of sp³-hybridized carbons (Fsp3) is 0.429. The number of amidine groups is 1. The maximum absolute atomic E-state index is 4.60. The van der Waals surface area contributed by atoms with E-state index < -0.39 is 0 Å². The number of rotatable bonds is 1. The number of halogens is 1. The molecule has 0 radical (unpaired) electrons. The van der Waals surface area contributed by atoms with Crippen LogP contribution in [-0.2, 0) is 0 Å². The van der Waals surface area contributed by atoms with Crippen molar-refractivity contribution >= 4 is 50.1 Å². The van der Waals surface area contributed by atoms with E-state index in [-0.39, 0.29) is 17.0 Å². The highest BCUT2D eigenvalue weighted by Gasteiger charge is 2.06. The topological polar surface area (TPSA) is 37.3 Å². The Morgan fingerprint density at radius 3 is 3.00 bits per heavy atom. The molecular formula is C14H18BrN3S. The van der Waals surface area contributed by atoms with Crippen molar-refractivity contribution in [1.82, 2.24) is 4.98 Å². The van der Waals surface area contributed by atoms with Crippen LogP contribution in [0, 0.1) is 6.92 Å². The number of fused-ring (bicyclic) bond motifs is 1. The van der Waals surface area contributed by atoms with E-state index in [1.54, 1.807) is 11.3 Å². The van der Waals surface area contributed by atoms with Gasteiger partial charge in [-0.15, -0.1) is 28.3 Å². The Hall–Kier alpha value is -0.940. The number of aromatic nitrogens is 1. The van der Waals surface area contributed by atoms with Crippen LogP contribution >= 0.6 is 28.3 Å². The second-order valence-electron chi connectivity index (χ2n) is 4.68. The predicted octanol–water partition coefficient (Wildman–Crippen LogP) is 4.57. The van der Waals surface area contributed by atoms with Crippen molar-refractivity contribution < 1.29 is 0 Å². The van der Waals surface area contributed by atoms with Crippen molar-refractivity contribution in [3.63, 3.8) is 0 Å². The Morgan fingerprint density at radius 1 is 1.21 bits per heavy atom. The Labute approximate surface area is 127 Å². The van der Waals surface area contributed by atoms with Crippen molar-refractivity contribution in [1.29, 1.82) is 0 Å². The Balaban J connectivity index is 0.00000133. The first-order valence-corrected chi connectivity index (χ1v) is 7.30. The van der Waals surface area contributed by atoms with E-state index in [0.29, 0.717) is 0 Å². The lowest BCUT2D eigenvalue weighted by Gasteiger charge is -2.07. The van der Waals surface area contributed by atoms with Crippen molar-refractivity contribution in [3.05, 3.63) is 23.2 Å². The van der Waals surface area contributed by atoms with E-state index in [0.717, 1.165) is 35.0 Å². The summed E-state index contributed by atoms with van der Waals surface area (Å²) in [6.07, 6.45) is 4.83. The van der Waals surface area contributed by atoms with Gasteiger partial charge in [-0.1, -0.05) is 6.42 Å². The Kier molecular flexibility index (Phi) is 4.93. The van der Waals surface area contributed by atoms with Crippen molar-refractivity contribution in [2.45, 2.75) is 32.6 Å². The molecule has 3 nitrogen and oxygen atoms in total. The van der Waals surface area contributed by atoms with Gasteiger partial charge < -0.3 is 5.32 Å². The SMILES string of the molecule is Br.Cc1nc2ccc(NC3=NCCCCC3)cc2s1. The van der Waals surface area contributed by atoms with Gasteiger partial charge >= 0.3 is 0 Å². The molecule has 0 aliphatic carbocycles. The first-order valence-electron chi connectivity index (χ1n) is 6.49. The van der Waals surface area contributed by atoms with E-state index in [1.165, 1.54) is 24.0 Å². The molecule has 0 saturated heterocycles. The summed E-state index contributed by atoms with van der Waals surface area (Å²) in [5, 5.41) is 4.57. The van der Waals surface area contributed by atoms with Crippen molar-refractivity contribution in [2.24, 2.45) is 4.99 Å². The number of anilines is 1. The zero-order valence-electron chi connectivity index (χ0n) is 11.0. The van der Waals surface area contributed by atoms with E-state index in [9.17, 15) is 0 Å². The zero-order chi connectivity index (χ0) is 12.4. The molecule has 102 valence electrons. The second kappa shape index (κ2) is 6.48. The summed E-state index contributed by atoms with van der Waals surface area (Å²) in [6, 6.07) is 6.35. The number of nitrogens with zero attached hydrogens (tertiary/aromatic N) is 2. The van der Waals surface area contributed by atoms with Crippen LogP contribution in [0.15, 0.2) is 23.2 Å². The van der Waals surface area contributed by atoms with Gasteiger partial charge in [0.15, 0.2) is 0 Å². The molecule has 0 bridgehead atoms. The van der Waals surface area contributed by atoms with Crippen LogP contribution in [0.1, 0.15) is 30.7 Å². The molecule has 2 heterocycles. The van der Waals surface area contributed by atoms with Gasteiger partial charge in [-0.2, -0.15) is 0 Å². The fourth-order valence-corrected chi connectivity index (χ4v) is 3.13. The number of hydrogen-bond acceptors (Lipinski definition) is 4. The van der Waals surface area contributed by atoms with Crippen LogP contribution in [-0.4, -0.2) is 17.4 Å². The van der Waals surface area contributed by atoms with Crippen LogP contribution in [0.25, 0.3) is 10.2 Å². The van der Waals surface area contributed by atoms with Gasteiger partial charge in [-0.25, -0.2) is 4.98 Å². The Bertz CT molecular complexity index is 591. The Morgan fingerprint density at radius 2 is 2.11 bits per heavy atom. The lowest BCUT2D eigenvalue weighted by molar-refractivity contribution is 0.731. The van der Waals surface area contributed by atoms with E-state index in [4.69, 9.17) is 0 Å². The minimum absolute atomic E-state index is 0. The molecule has 0 unspecified atom stereocenters. The minimum Gasteiger partial charge on any atom is -0.344 e. The monoisotopic (exact) mass is 339 g/mol. The molecule has 1 aromatic carbocycles. The summed E-state index contributed by atoms with van der Waals surface area (Å²) in [5.74, 6) is 1.13. The molecule has 0 amide bonds. The third-order valence-corrected chi connectivity index (χ3v) is 4.09. The maximum atomic E-state index is 4.60. The normalized spacial score (nSPS) is 15.5. The molecule has 1 aromatic heterocycles. The van der Waals surface area contributed by atoms with E-state index in [1.807, 2.05) is 6.92 Å². The molecule has 0 fully saturated rings. The highest BCUT2D eigenvalue weighted by Crippen LogP contribution is 2.25. The highest BCUT2D eigenvalue weighted by atomic mass is 79.9. The van der Waals surface area contributed by atoms with Gasteiger partial charge in [0.25, 0.3) is 0 Å². The predicted molar refractivity (Wildman–Crippen MR) is 89.1 cm³/mol. The third-order valence-electron chi connectivity index (χ3n) is 3.16. The molecule has 2 aromatic rings. The smallest absolute Gasteiger partial charge is 0.101 e. The molecule has 1 aliphatic heterocycles. The summed E-state index contributed by atoms with van der Waals surface area (Å²) in [7, 11) is 0. The third kappa shape index (κ3) is 3.54. The number of aryl methyl sites for hydroxylation is 1. The molecule has 3 rings (SSSR count). The standard InChI is InChI=1S/C14H17N3S.BrH/c1-10-16-12-7-6-11(9-13(12)18-10)17-14-5-3-2-4-8-15-14;/h6-7,9H,2-5,8H2,1H3,(H,15,17);1H. The largest absolute Gasteiger partial charge is 0.344 e. The number of benzene rings is 1. The summed E-state index contributed by atoms with van der Waals surface area (Å²) in [4.78, 5) is 9.07. The van der Waals surface area contributed by atoms with Crippen LogP contribution in [0.5, 0.6) is 0 Å². The number of hydrogen-bond donors (Lipinski definition) is 1. The van der Waals surface area contributed by atoms with Gasteiger partial charge in [-0.3, -0.25) is 4.99 Å². The summed E-state index contributed by atoms with van der Waals surface area (Å²) >= 11 is 1.74. The van der Waals surface area contributed by atoms with Gasteiger partial charge in [0.05, 0.1) is 15.2 Å². The average Bonchev–Trinajstić information content (AvgIpc) is 2.56. The lowest BCUT2D eigenvalue weighted by Crippen LogP contribution is -2.11. The molecule has 0 atom stereocenters. The van der Waals surface area contributed by atoms with Gasteiger partial charge in [-0.05, 0) is 38.0 Å². The van der Waals surface area contributed by atoms with Crippen LogP contribution in [0.4, 0.5) is 5.69 Å². The summed E-state index contributed by atoms with van der Waals surface area (Å²) < 4.78 is 1.24. The quantitative estimate of drug-likeness (QED) is 0.826. The van der Waals surface area contributed by atoms with E-state index >= 15 is 0 Å². The van der Waals surface area contributed by atoms with E-state index in [2.05, 4.69) is 33.5 Å². The minimum atomic E-state index is 0. The molecule has 0 spiro atoms. The van der Waals surface area contributed by atoms with Crippen LogP contribution < -0.4 is 5.32 Å². The second-order valence-corrected chi connectivity index (χ2v) is 5.91. The molecule has 0 saturated carbocycles. The first-order chi connectivity index (χ1) is 8.81. The number of nitrogens with one attached hydrogen (secondary N) is 1. The molecule has 1 N–H and O–H groups in total. The van der Waals surface area contributed by atoms with Gasteiger partial charge in [0, 0.05) is 18.7 Å². The van der Waals surface area contributed by atoms with Crippen LogP contribution in [0.3, 0.4) is 0 Å². The first kappa shape index (κ1) is 14.5. The molecule has 5 heteroatoms. The van der Waals surface area contributed by atoms with Gasteiger partial charge in [0.1, 0.15) is 5.84 Å². The number of thiazole rings is 1. The maximum Gasteiger partial charge on any atom is 0.101 e. The highest BCUT2D eigenvalue weighted by molar-refractivity contribution is 8.93. The zero-order valence-corrected chi connectivity index (χ0v) is 13.5. The summed E-state index contributed by atoms with van der Waals surface area (Å²) in [6.45, 7) is 3.01. The summed E-state index contributed by atoms with van der Waals surface area (Å²) in [5.41, 5.74) is 2.22. The molecule has 19 heavy (non-hydrogen) atoms. The fourth-order valence-electron chi connectivity index (χ4n) is 2.26. The van der Waals surface area contributed by atoms with Crippen LogP contribution in [0.2, 0.25) is 0 Å². The molecule has 1 aliphatic rings. The van der Waals surface area contributed by atoms with Gasteiger partial charge in [0.2, 0.25) is 0 Å². The van der Waals surface area contributed by atoms with Crippen molar-refractivity contribution in [3.8, 4) is 0 Å². The number of aliphatic imine (C=N–C) groups is 1. The molecular weight excluding hydrogens is 322 g/mol. The lowest BCUT2D eigenvalue weighted by atomic mass is 10.2. The van der Waals surface area contributed by atoms with Crippen molar-refractivity contribution in [2.75, 3.05) is 11.9 Å². The average molecular weight is 340 g/mol.